The molecule has 2 aliphatic rings. The first kappa shape index (κ1) is 9.23. The molecule has 0 aliphatic carbocycles. The van der Waals surface area contributed by atoms with E-state index in [-0.39, 0.29) is 0 Å². The fraction of sp³-hybridized carbons (Fsp3) is 1.00. The highest BCUT2D eigenvalue weighted by molar-refractivity contribution is 8.48. The van der Waals surface area contributed by atoms with Gasteiger partial charge in [-0.1, -0.05) is 0 Å². The number of nitrogens with zero attached hydrogens (tertiary/aromatic N) is 2. The Kier molecular flexibility index (Phi) is 3.20. The summed E-state index contributed by atoms with van der Waals surface area (Å²) in [5, 5.41) is 0. The van der Waals surface area contributed by atoms with Gasteiger partial charge in [0.25, 0.3) is 0 Å². The summed E-state index contributed by atoms with van der Waals surface area (Å²) in [4.78, 5) is 0. The van der Waals surface area contributed by atoms with Crippen LogP contribution in [0, 0.1) is 0 Å². The van der Waals surface area contributed by atoms with Crippen LogP contribution in [0.4, 0.5) is 0 Å². The third-order valence-electron chi connectivity index (χ3n) is 1.16. The average Bonchev–Trinajstić information content (AvgIpc) is 1.82. The van der Waals surface area contributed by atoms with Crippen molar-refractivity contribution in [3.05, 3.63) is 0 Å². The summed E-state index contributed by atoms with van der Waals surface area (Å²) >= 11 is 9.70. The Morgan fingerprint density at radius 1 is 0.818 bits per heavy atom. The van der Waals surface area contributed by atoms with Gasteiger partial charge in [0.05, 0.1) is 0 Å². The van der Waals surface area contributed by atoms with E-state index in [0.29, 0.717) is 7.83 Å². The van der Waals surface area contributed by atoms with Gasteiger partial charge in [-0.25, -0.2) is 0 Å². The number of hydrogen-bond acceptors (Lipinski definition) is 7. The molecule has 0 amide bonds. The highest BCUT2D eigenvalue weighted by atomic mass is 32.3. The Bertz CT molecular complexity index is 122. The topological polar surface area (TPSA) is 6.48 Å². The summed E-state index contributed by atoms with van der Waals surface area (Å²) in [6.07, 6.45) is 0. The second kappa shape index (κ2) is 3.81. The van der Waals surface area contributed by atoms with E-state index in [2.05, 4.69) is 21.5 Å². The van der Waals surface area contributed by atoms with Crippen molar-refractivity contribution in [3.63, 3.8) is 0 Å². The lowest BCUT2D eigenvalue weighted by molar-refractivity contribution is 0.920. The first-order chi connectivity index (χ1) is 5.24. The molecule has 0 saturated carbocycles. The van der Waals surface area contributed by atoms with Crippen molar-refractivity contribution in [2.24, 2.45) is 0 Å². The van der Waals surface area contributed by atoms with Crippen molar-refractivity contribution in [1.29, 1.82) is 0 Å². The van der Waals surface area contributed by atoms with E-state index in [9.17, 15) is 0 Å². The van der Waals surface area contributed by atoms with E-state index in [1.807, 2.05) is 59.6 Å². The standard InChI is InChI=1S/C4H8N2S5/c1-5-8-3-7-4(9-5)11-6(2)10-3/h3-4H,1-2H3. The largest absolute Gasteiger partial charge is 0.194 e. The molecule has 2 bridgehead atoms. The summed E-state index contributed by atoms with van der Waals surface area (Å²) in [7, 11) is 4.28. The second-order valence-corrected chi connectivity index (χ2v) is 10.4. The van der Waals surface area contributed by atoms with Gasteiger partial charge in [-0.3, -0.25) is 0 Å². The minimum absolute atomic E-state index is 0.664. The molecule has 64 valence electrons. The highest BCUT2D eigenvalue weighted by Gasteiger charge is 2.35. The van der Waals surface area contributed by atoms with E-state index in [0.717, 1.165) is 0 Å². The summed E-state index contributed by atoms with van der Waals surface area (Å²) in [6.45, 7) is 0. The Labute approximate surface area is 88.5 Å². The maximum Gasteiger partial charge on any atom is 0.128 e. The highest BCUT2D eigenvalue weighted by Crippen LogP contribution is 2.59. The van der Waals surface area contributed by atoms with Crippen LogP contribution in [0.1, 0.15) is 0 Å². The van der Waals surface area contributed by atoms with Gasteiger partial charge in [-0.2, -0.15) is 7.42 Å². The average molecular weight is 244 g/mol. The molecular formula is C4H8N2S5. The summed E-state index contributed by atoms with van der Waals surface area (Å²) < 4.78 is 5.85. The third-order valence-corrected chi connectivity index (χ3v) is 7.91. The molecule has 0 aromatic heterocycles. The summed E-state index contributed by atoms with van der Waals surface area (Å²) in [5.74, 6) is 0. The van der Waals surface area contributed by atoms with Gasteiger partial charge >= 0.3 is 0 Å². The SMILES string of the molecule is CN1SC2SC(S1)SN(C)S2. The maximum atomic E-state index is 2.26. The van der Waals surface area contributed by atoms with Crippen molar-refractivity contribution in [1.82, 2.24) is 7.42 Å². The van der Waals surface area contributed by atoms with Crippen molar-refractivity contribution in [2.45, 2.75) is 7.83 Å². The minimum atomic E-state index is 0.664. The molecule has 2 heterocycles. The minimum Gasteiger partial charge on any atom is -0.194 e. The van der Waals surface area contributed by atoms with Crippen molar-refractivity contribution in [3.8, 4) is 0 Å². The number of fused-ring (bicyclic) bond motifs is 2. The molecule has 2 fully saturated rings. The summed E-state index contributed by atoms with van der Waals surface area (Å²) in [6, 6.07) is 0. The van der Waals surface area contributed by atoms with Crippen LogP contribution in [0.15, 0.2) is 0 Å². The molecule has 0 atom stereocenters. The molecule has 0 unspecified atom stereocenters. The lowest BCUT2D eigenvalue weighted by Crippen LogP contribution is -2.24. The number of thioether (sulfide) groups is 1. The lowest BCUT2D eigenvalue weighted by atomic mass is 11.6. The van der Waals surface area contributed by atoms with Crippen molar-refractivity contribution in [2.75, 3.05) is 14.1 Å². The molecular weight excluding hydrogens is 236 g/mol. The van der Waals surface area contributed by atoms with E-state index in [1.54, 1.807) is 0 Å². The molecule has 0 radical (unpaired) electrons. The number of rotatable bonds is 0. The van der Waals surface area contributed by atoms with Crippen LogP contribution in [0.5, 0.6) is 0 Å². The van der Waals surface area contributed by atoms with Gasteiger partial charge in [0, 0.05) is 14.1 Å². The first-order valence-electron chi connectivity index (χ1n) is 3.04. The predicted molar refractivity (Wildman–Crippen MR) is 61.1 cm³/mol. The van der Waals surface area contributed by atoms with E-state index < -0.39 is 0 Å². The molecule has 11 heavy (non-hydrogen) atoms. The molecule has 0 aromatic carbocycles. The second-order valence-electron chi connectivity index (χ2n) is 2.01. The quantitative estimate of drug-likeness (QED) is 0.597. The molecule has 2 aliphatic heterocycles. The Morgan fingerprint density at radius 2 is 1.18 bits per heavy atom. The smallest absolute Gasteiger partial charge is 0.128 e. The first-order valence-corrected chi connectivity index (χ1v) is 7.33. The van der Waals surface area contributed by atoms with Crippen molar-refractivity contribution >= 4 is 59.6 Å². The van der Waals surface area contributed by atoms with Crippen LogP contribution in [0.25, 0.3) is 0 Å². The van der Waals surface area contributed by atoms with E-state index in [4.69, 9.17) is 0 Å². The molecule has 2 nitrogen and oxygen atoms in total. The zero-order valence-electron chi connectivity index (χ0n) is 6.09. The Hall–Kier alpha value is 1.67. The molecule has 7 heteroatoms. The van der Waals surface area contributed by atoms with Gasteiger partial charge in [0.2, 0.25) is 0 Å². The molecule has 2 saturated heterocycles. The van der Waals surface area contributed by atoms with Crippen LogP contribution in [-0.2, 0) is 0 Å². The Morgan fingerprint density at radius 3 is 1.55 bits per heavy atom. The molecule has 2 rings (SSSR count). The molecule has 0 aromatic rings. The zero-order valence-corrected chi connectivity index (χ0v) is 10.2. The van der Waals surface area contributed by atoms with Crippen molar-refractivity contribution < 1.29 is 0 Å². The summed E-state index contributed by atoms with van der Waals surface area (Å²) in [5.41, 5.74) is 0. The van der Waals surface area contributed by atoms with E-state index in [1.165, 1.54) is 0 Å². The number of hydrogen-bond donors (Lipinski definition) is 0. The molecule has 0 spiro atoms. The monoisotopic (exact) mass is 244 g/mol. The third kappa shape index (κ3) is 2.32. The van der Waals surface area contributed by atoms with Gasteiger partial charge in [-0.05, 0) is 47.8 Å². The fourth-order valence-corrected chi connectivity index (χ4v) is 11.0. The predicted octanol–water partition coefficient (Wildman–Crippen LogP) is 2.77. The van der Waals surface area contributed by atoms with Crippen LogP contribution < -0.4 is 0 Å². The normalized spacial score (nSPS) is 40.9. The van der Waals surface area contributed by atoms with Crippen LogP contribution in [0.3, 0.4) is 0 Å². The van der Waals surface area contributed by atoms with Gasteiger partial charge in [-0.15, -0.1) is 11.8 Å². The molecule has 0 N–H and O–H groups in total. The van der Waals surface area contributed by atoms with Gasteiger partial charge in [0.1, 0.15) is 7.83 Å². The Balaban J connectivity index is 2.00. The van der Waals surface area contributed by atoms with Gasteiger partial charge < -0.3 is 0 Å². The van der Waals surface area contributed by atoms with Crippen LogP contribution >= 0.6 is 59.6 Å². The van der Waals surface area contributed by atoms with Crippen LogP contribution in [0.2, 0.25) is 0 Å². The fourth-order valence-electron chi connectivity index (χ4n) is 0.763. The van der Waals surface area contributed by atoms with Crippen LogP contribution in [-0.4, -0.2) is 29.3 Å². The van der Waals surface area contributed by atoms with E-state index >= 15 is 0 Å². The lowest BCUT2D eigenvalue weighted by Gasteiger charge is -2.39. The van der Waals surface area contributed by atoms with Gasteiger partial charge in [0.15, 0.2) is 0 Å². The maximum absolute atomic E-state index is 2.26. The zero-order chi connectivity index (χ0) is 7.84.